The Balaban J connectivity index is 1.78. The molecular weight excluding hydrogens is 314 g/mol. The molecule has 26 heavy (non-hydrogen) atoms. The minimum atomic E-state index is -0.124. The summed E-state index contributed by atoms with van der Waals surface area (Å²) in [6.07, 6.45) is 14.7. The third kappa shape index (κ3) is 1.97. The van der Waals surface area contributed by atoms with E-state index < -0.39 is 0 Å². The van der Waals surface area contributed by atoms with Crippen LogP contribution in [-0.2, 0) is 0 Å². The van der Waals surface area contributed by atoms with Gasteiger partial charge in [-0.05, 0) is 84.9 Å². The second kappa shape index (κ2) is 5.72. The van der Waals surface area contributed by atoms with Crippen molar-refractivity contribution in [2.75, 3.05) is 0 Å². The van der Waals surface area contributed by atoms with E-state index in [-0.39, 0.29) is 5.54 Å². The number of hydrogen-bond acceptors (Lipinski definition) is 1. The topological polar surface area (TPSA) is 12.4 Å². The van der Waals surface area contributed by atoms with E-state index in [0.717, 1.165) is 36.5 Å². The molecule has 1 spiro atoms. The fraction of sp³-hybridized carbons (Fsp3) is 0.640. The Morgan fingerprint density at radius 3 is 2.92 bits per heavy atom. The molecule has 136 valence electrons. The van der Waals surface area contributed by atoms with Crippen LogP contribution in [-0.4, -0.2) is 11.4 Å². The maximum absolute atomic E-state index is 5.04. The molecule has 4 aliphatic carbocycles. The van der Waals surface area contributed by atoms with E-state index in [2.05, 4.69) is 63.6 Å². The predicted octanol–water partition coefficient (Wildman–Crippen LogP) is 5.91. The molecule has 8 atom stereocenters. The van der Waals surface area contributed by atoms with Crippen molar-refractivity contribution in [2.45, 2.75) is 58.9 Å². The molecule has 2 bridgehead atoms. The predicted molar refractivity (Wildman–Crippen MR) is 108 cm³/mol. The summed E-state index contributed by atoms with van der Waals surface area (Å²) in [4.78, 5) is 5.04. The zero-order valence-electron chi connectivity index (χ0n) is 16.6. The van der Waals surface area contributed by atoms with Gasteiger partial charge in [-0.2, -0.15) is 0 Å². The average Bonchev–Trinajstić information content (AvgIpc) is 3.19. The van der Waals surface area contributed by atoms with Gasteiger partial charge in [0.25, 0.3) is 0 Å². The highest BCUT2D eigenvalue weighted by molar-refractivity contribution is 5.63. The molecule has 0 aromatic rings. The number of aliphatic imine (C=N–C) groups is 1. The summed E-state index contributed by atoms with van der Waals surface area (Å²) in [5, 5.41) is 0. The van der Waals surface area contributed by atoms with Crippen molar-refractivity contribution >= 4 is 5.87 Å². The first-order chi connectivity index (χ1) is 12.6. The van der Waals surface area contributed by atoms with Crippen molar-refractivity contribution in [3.8, 4) is 0 Å². The van der Waals surface area contributed by atoms with Crippen LogP contribution in [0.25, 0.3) is 0 Å². The minimum absolute atomic E-state index is 0.124. The average molecular weight is 346 g/mol. The number of rotatable bonds is 2. The normalized spacial score (nSPS) is 47.5. The quantitative estimate of drug-likeness (QED) is 0.552. The summed E-state index contributed by atoms with van der Waals surface area (Å²) in [7, 11) is 0. The van der Waals surface area contributed by atoms with Crippen molar-refractivity contribution < 1.29 is 0 Å². The van der Waals surface area contributed by atoms with E-state index in [4.69, 9.17) is 4.99 Å². The number of nitrogens with zero attached hydrogens (tertiary/aromatic N) is 1. The Morgan fingerprint density at radius 2 is 2.15 bits per heavy atom. The summed E-state index contributed by atoms with van der Waals surface area (Å²) in [5.74, 6) is 8.15. The summed E-state index contributed by atoms with van der Waals surface area (Å²) in [6.45, 7) is 9.52. The lowest BCUT2D eigenvalue weighted by atomic mass is 9.53. The van der Waals surface area contributed by atoms with E-state index in [0.29, 0.717) is 17.8 Å². The van der Waals surface area contributed by atoms with Crippen molar-refractivity contribution in [2.24, 2.45) is 46.4 Å². The van der Waals surface area contributed by atoms with Crippen molar-refractivity contribution in [3.63, 3.8) is 0 Å². The first kappa shape index (κ1) is 16.6. The molecule has 1 saturated carbocycles. The Kier molecular flexibility index (Phi) is 3.66. The molecule has 8 unspecified atom stereocenters. The standard InChI is InChI=1S/C25H31N/c1-5-17-14-16(4)23-19-7-8-20(24(17)23)22-13-15(3)9-11-25(22)21(10-12-26-25)18(19)6-2/h7-8,10-11,16-17,20-24H,5-6,13-14H2,1-4H3. The number of fused-ring (bicyclic) bond motifs is 6. The van der Waals surface area contributed by atoms with Crippen LogP contribution >= 0.6 is 0 Å². The highest BCUT2D eigenvalue weighted by Gasteiger charge is 2.58. The zero-order chi connectivity index (χ0) is 18.1. The molecule has 0 radical (unpaired) electrons. The first-order valence-electron chi connectivity index (χ1n) is 10.8. The molecule has 0 N–H and O–H groups in total. The fourth-order valence-electron chi connectivity index (χ4n) is 7.33. The molecule has 1 heteroatoms. The third-order valence-electron chi connectivity index (χ3n) is 8.33. The summed E-state index contributed by atoms with van der Waals surface area (Å²) in [5.41, 5.74) is 8.15. The molecule has 0 saturated heterocycles. The zero-order valence-corrected chi connectivity index (χ0v) is 16.6. The number of allylic oxidation sites excluding steroid dienone is 3. The lowest BCUT2D eigenvalue weighted by molar-refractivity contribution is 0.114. The second-order valence-corrected chi connectivity index (χ2v) is 9.41. The fourth-order valence-corrected chi connectivity index (χ4v) is 7.33. The van der Waals surface area contributed by atoms with E-state index in [1.165, 1.54) is 18.4 Å². The van der Waals surface area contributed by atoms with Crippen molar-refractivity contribution in [1.29, 1.82) is 0 Å². The van der Waals surface area contributed by atoms with Crippen LogP contribution in [0.5, 0.6) is 0 Å². The van der Waals surface area contributed by atoms with E-state index >= 15 is 0 Å². The van der Waals surface area contributed by atoms with Crippen LogP contribution in [0.2, 0.25) is 0 Å². The molecule has 1 fully saturated rings. The smallest absolute Gasteiger partial charge is 0.110 e. The molecule has 5 aliphatic rings. The molecule has 0 amide bonds. The molecule has 5 rings (SSSR count). The van der Waals surface area contributed by atoms with E-state index in [1.54, 1.807) is 11.1 Å². The van der Waals surface area contributed by atoms with Gasteiger partial charge < -0.3 is 0 Å². The van der Waals surface area contributed by atoms with Crippen LogP contribution in [0.1, 0.15) is 53.4 Å². The van der Waals surface area contributed by atoms with Crippen LogP contribution < -0.4 is 0 Å². The largest absolute Gasteiger partial charge is 0.231 e. The van der Waals surface area contributed by atoms with Crippen molar-refractivity contribution in [1.82, 2.24) is 0 Å². The Hall–Kier alpha value is -1.55. The lowest BCUT2D eigenvalue weighted by Gasteiger charge is -2.51. The van der Waals surface area contributed by atoms with Gasteiger partial charge in [0.1, 0.15) is 5.54 Å². The summed E-state index contributed by atoms with van der Waals surface area (Å²) >= 11 is 0. The summed E-state index contributed by atoms with van der Waals surface area (Å²) < 4.78 is 0. The molecule has 0 aromatic heterocycles. The number of hydrogen-bond donors (Lipinski definition) is 0. The molecule has 1 nitrogen and oxygen atoms in total. The SMILES string of the molecule is CCC1=C2C=CC(C3C(CC)CC(C)C23)C2CC(C)=C=CC23N=C=CC13. The Labute approximate surface area is 158 Å². The van der Waals surface area contributed by atoms with Crippen LogP contribution in [0.4, 0.5) is 0 Å². The third-order valence-corrected chi connectivity index (χ3v) is 8.33. The monoisotopic (exact) mass is 345 g/mol. The molecular formula is C25H31N. The van der Waals surface area contributed by atoms with Crippen LogP contribution in [0.15, 0.2) is 51.7 Å². The van der Waals surface area contributed by atoms with Gasteiger partial charge in [-0.3, -0.25) is 0 Å². The van der Waals surface area contributed by atoms with Gasteiger partial charge in [-0.15, -0.1) is 5.73 Å². The van der Waals surface area contributed by atoms with Gasteiger partial charge in [0, 0.05) is 11.8 Å². The van der Waals surface area contributed by atoms with Gasteiger partial charge in [0.15, 0.2) is 0 Å². The van der Waals surface area contributed by atoms with Gasteiger partial charge >= 0.3 is 0 Å². The van der Waals surface area contributed by atoms with Crippen LogP contribution in [0.3, 0.4) is 0 Å². The van der Waals surface area contributed by atoms with Gasteiger partial charge in [0.2, 0.25) is 0 Å². The van der Waals surface area contributed by atoms with E-state index in [9.17, 15) is 0 Å². The Morgan fingerprint density at radius 1 is 1.31 bits per heavy atom. The van der Waals surface area contributed by atoms with E-state index in [1.807, 2.05) is 0 Å². The maximum atomic E-state index is 5.04. The van der Waals surface area contributed by atoms with Gasteiger partial charge in [-0.1, -0.05) is 44.9 Å². The molecule has 1 heterocycles. The Bertz CT molecular complexity index is 826. The van der Waals surface area contributed by atoms with Gasteiger partial charge in [-0.25, -0.2) is 4.99 Å². The second-order valence-electron chi connectivity index (χ2n) is 9.41. The first-order valence-corrected chi connectivity index (χ1v) is 10.8. The maximum Gasteiger partial charge on any atom is 0.110 e. The highest BCUT2D eigenvalue weighted by atomic mass is 14.9. The summed E-state index contributed by atoms with van der Waals surface area (Å²) in [6, 6.07) is 0. The van der Waals surface area contributed by atoms with Gasteiger partial charge in [0.05, 0.1) is 0 Å². The highest BCUT2D eigenvalue weighted by Crippen LogP contribution is 2.62. The minimum Gasteiger partial charge on any atom is -0.231 e. The van der Waals surface area contributed by atoms with Crippen molar-refractivity contribution in [3.05, 3.63) is 46.8 Å². The molecule has 0 aromatic carbocycles. The van der Waals surface area contributed by atoms with Crippen LogP contribution in [0, 0.1) is 41.4 Å². The molecule has 1 aliphatic heterocycles. The lowest BCUT2D eigenvalue weighted by Crippen LogP contribution is -2.50.